The van der Waals surface area contributed by atoms with E-state index in [2.05, 4.69) is 4.98 Å². The molecule has 0 bridgehead atoms. The van der Waals surface area contributed by atoms with Gasteiger partial charge in [0, 0.05) is 12.6 Å². The maximum atomic E-state index is 12.3. The summed E-state index contributed by atoms with van der Waals surface area (Å²) in [6, 6.07) is 0. The number of esters is 1. The molecule has 25 heavy (non-hydrogen) atoms. The summed E-state index contributed by atoms with van der Waals surface area (Å²) in [5, 5.41) is 9.44. The molecule has 0 amide bonds. The van der Waals surface area contributed by atoms with Crippen LogP contribution in [-0.4, -0.2) is 49.4 Å². The van der Waals surface area contributed by atoms with Gasteiger partial charge in [-0.15, -0.1) is 0 Å². The maximum Gasteiger partial charge on any atom is 0.420 e. The number of rotatable bonds is 4. The van der Waals surface area contributed by atoms with Crippen LogP contribution in [0.4, 0.5) is 4.79 Å². The van der Waals surface area contributed by atoms with Crippen LogP contribution in [0.25, 0.3) is 0 Å². The fraction of sp³-hybridized carbons (Fsp3) is 0.625. The number of hydrogen-bond donors (Lipinski definition) is 2. The molecule has 9 nitrogen and oxygen atoms in total. The molecule has 140 valence electrons. The van der Waals surface area contributed by atoms with Crippen LogP contribution in [-0.2, 0) is 25.5 Å². The van der Waals surface area contributed by atoms with Gasteiger partial charge in [0.05, 0.1) is 5.69 Å². The highest BCUT2D eigenvalue weighted by atomic mass is 16.6. The molecular formula is C16H25N3O6. The molecule has 0 radical (unpaired) electrons. The first kappa shape index (κ1) is 20.6. The number of nitrogens with zero attached hydrogens (tertiary/aromatic N) is 2. The van der Waals surface area contributed by atoms with Gasteiger partial charge in [-0.25, -0.2) is 23.9 Å². The monoisotopic (exact) mass is 355 g/mol. The van der Waals surface area contributed by atoms with Crippen LogP contribution in [0, 0.1) is 0 Å². The molecule has 9 heteroatoms. The summed E-state index contributed by atoms with van der Waals surface area (Å²) in [6.45, 7) is 9.85. The molecule has 0 aliphatic carbocycles. The average molecular weight is 355 g/mol. The van der Waals surface area contributed by atoms with Gasteiger partial charge in [0.1, 0.15) is 17.5 Å². The standard InChI is InChI=1S/C16H25N3O6/c1-14(2,3)24-12(22)16(17,11(20)21)7-10-8-18-9-19(10)13(23)25-15(4,5)6/h8-9H,7,17H2,1-6H3,(H,20,21). The lowest BCUT2D eigenvalue weighted by Gasteiger charge is -2.28. The number of aliphatic carboxylic acids is 1. The Morgan fingerprint density at radius 1 is 1.12 bits per heavy atom. The number of carbonyl (C=O) groups excluding carboxylic acids is 2. The van der Waals surface area contributed by atoms with E-state index in [1.54, 1.807) is 41.5 Å². The van der Waals surface area contributed by atoms with Gasteiger partial charge in [-0.2, -0.15) is 0 Å². The Morgan fingerprint density at radius 2 is 1.64 bits per heavy atom. The number of ether oxygens (including phenoxy) is 2. The van der Waals surface area contributed by atoms with E-state index >= 15 is 0 Å². The van der Waals surface area contributed by atoms with Gasteiger partial charge >= 0.3 is 18.0 Å². The van der Waals surface area contributed by atoms with Crippen molar-refractivity contribution in [3.05, 3.63) is 18.2 Å². The third-order valence-electron chi connectivity index (χ3n) is 2.91. The van der Waals surface area contributed by atoms with Crippen molar-refractivity contribution in [3.8, 4) is 0 Å². The van der Waals surface area contributed by atoms with Gasteiger partial charge in [-0.3, -0.25) is 0 Å². The molecule has 1 rings (SSSR count). The van der Waals surface area contributed by atoms with Gasteiger partial charge in [0.15, 0.2) is 0 Å². The molecule has 1 aromatic rings. The van der Waals surface area contributed by atoms with E-state index in [9.17, 15) is 19.5 Å². The number of nitrogens with two attached hydrogens (primary N) is 1. The zero-order valence-electron chi connectivity index (χ0n) is 15.3. The average Bonchev–Trinajstić information content (AvgIpc) is 2.82. The molecule has 0 aliphatic heterocycles. The van der Waals surface area contributed by atoms with Crippen molar-refractivity contribution in [3.63, 3.8) is 0 Å². The molecule has 1 atom stereocenters. The van der Waals surface area contributed by atoms with E-state index in [4.69, 9.17) is 15.2 Å². The Morgan fingerprint density at radius 3 is 2.08 bits per heavy atom. The molecule has 0 aliphatic rings. The van der Waals surface area contributed by atoms with Crippen molar-refractivity contribution in [2.24, 2.45) is 5.73 Å². The third-order valence-corrected chi connectivity index (χ3v) is 2.91. The molecule has 0 saturated heterocycles. The molecular weight excluding hydrogens is 330 g/mol. The first-order valence-corrected chi connectivity index (χ1v) is 7.66. The van der Waals surface area contributed by atoms with E-state index in [1.807, 2.05) is 0 Å². The van der Waals surface area contributed by atoms with Crippen molar-refractivity contribution < 1.29 is 29.0 Å². The highest BCUT2D eigenvalue weighted by molar-refractivity contribution is 6.04. The highest BCUT2D eigenvalue weighted by Gasteiger charge is 2.46. The SMILES string of the molecule is CC(C)(C)OC(=O)n1cncc1CC(N)(C(=O)O)C(=O)OC(C)(C)C. The Hall–Kier alpha value is -2.42. The van der Waals surface area contributed by atoms with Gasteiger partial charge in [-0.1, -0.05) is 0 Å². The van der Waals surface area contributed by atoms with E-state index in [0.717, 1.165) is 4.57 Å². The second kappa shape index (κ2) is 6.83. The lowest BCUT2D eigenvalue weighted by molar-refractivity contribution is -0.169. The van der Waals surface area contributed by atoms with Gasteiger partial charge in [0.2, 0.25) is 5.54 Å². The number of carboxylic acid groups (broad SMARTS) is 1. The maximum absolute atomic E-state index is 12.3. The zero-order chi connectivity index (χ0) is 19.6. The van der Waals surface area contributed by atoms with E-state index < -0.39 is 41.2 Å². The Bertz CT molecular complexity index is 668. The minimum Gasteiger partial charge on any atom is -0.479 e. The number of imidazole rings is 1. The predicted molar refractivity (Wildman–Crippen MR) is 88.0 cm³/mol. The molecule has 0 spiro atoms. The second-order valence-corrected chi connectivity index (χ2v) is 7.69. The van der Waals surface area contributed by atoms with Crippen molar-refractivity contribution in [2.75, 3.05) is 0 Å². The fourth-order valence-corrected chi connectivity index (χ4v) is 1.82. The lowest BCUT2D eigenvalue weighted by Crippen LogP contribution is -2.59. The fourth-order valence-electron chi connectivity index (χ4n) is 1.82. The van der Waals surface area contributed by atoms with Crippen LogP contribution >= 0.6 is 0 Å². The summed E-state index contributed by atoms with van der Waals surface area (Å²) < 4.78 is 11.3. The predicted octanol–water partition coefficient (Wildman–Crippen LogP) is 1.33. The Labute approximate surface area is 146 Å². The summed E-state index contributed by atoms with van der Waals surface area (Å²) in [7, 11) is 0. The molecule has 1 aromatic heterocycles. The molecule has 3 N–H and O–H groups in total. The normalized spacial score (nSPS) is 14.5. The van der Waals surface area contributed by atoms with Crippen LogP contribution in [0.5, 0.6) is 0 Å². The van der Waals surface area contributed by atoms with Gasteiger partial charge < -0.3 is 20.3 Å². The number of hydrogen-bond acceptors (Lipinski definition) is 7. The zero-order valence-corrected chi connectivity index (χ0v) is 15.3. The number of aromatic nitrogens is 2. The summed E-state index contributed by atoms with van der Waals surface area (Å²) in [4.78, 5) is 39.9. The highest BCUT2D eigenvalue weighted by Crippen LogP contribution is 2.19. The molecule has 0 fully saturated rings. The molecule has 1 unspecified atom stereocenters. The quantitative estimate of drug-likeness (QED) is 0.610. The van der Waals surface area contributed by atoms with Crippen molar-refractivity contribution in [1.29, 1.82) is 0 Å². The molecule has 1 heterocycles. The smallest absolute Gasteiger partial charge is 0.420 e. The van der Waals surface area contributed by atoms with Crippen LogP contribution in [0.15, 0.2) is 12.5 Å². The van der Waals surface area contributed by atoms with Crippen LogP contribution in [0.3, 0.4) is 0 Å². The Kier molecular flexibility index (Phi) is 5.63. The summed E-state index contributed by atoms with van der Waals surface area (Å²) in [6.07, 6.45) is 1.17. The minimum absolute atomic E-state index is 0.116. The largest absolute Gasteiger partial charge is 0.479 e. The lowest BCUT2D eigenvalue weighted by atomic mass is 9.94. The summed E-state index contributed by atoms with van der Waals surface area (Å²) >= 11 is 0. The van der Waals surface area contributed by atoms with Crippen LogP contribution in [0.2, 0.25) is 0 Å². The van der Waals surface area contributed by atoms with E-state index in [0.29, 0.717) is 0 Å². The summed E-state index contributed by atoms with van der Waals surface area (Å²) in [5.41, 5.74) is 1.89. The van der Waals surface area contributed by atoms with Crippen LogP contribution < -0.4 is 5.73 Å². The number of carbonyl (C=O) groups is 3. The Balaban J connectivity index is 3.13. The van der Waals surface area contributed by atoms with Gasteiger partial charge in [-0.05, 0) is 41.5 Å². The van der Waals surface area contributed by atoms with Crippen LogP contribution in [0.1, 0.15) is 47.2 Å². The van der Waals surface area contributed by atoms with E-state index in [-0.39, 0.29) is 5.69 Å². The van der Waals surface area contributed by atoms with Crippen molar-refractivity contribution in [1.82, 2.24) is 9.55 Å². The van der Waals surface area contributed by atoms with Crippen molar-refractivity contribution in [2.45, 2.75) is 64.7 Å². The molecule has 0 aromatic carbocycles. The van der Waals surface area contributed by atoms with Crippen molar-refractivity contribution >= 4 is 18.0 Å². The molecule has 0 saturated carbocycles. The van der Waals surface area contributed by atoms with E-state index in [1.165, 1.54) is 12.5 Å². The summed E-state index contributed by atoms with van der Waals surface area (Å²) in [5.74, 6) is -2.68. The third kappa shape index (κ3) is 5.56. The second-order valence-electron chi connectivity index (χ2n) is 7.69. The first-order valence-electron chi connectivity index (χ1n) is 7.66. The first-order chi connectivity index (χ1) is 11.2. The topological polar surface area (TPSA) is 134 Å². The van der Waals surface area contributed by atoms with Gasteiger partial charge in [0.25, 0.3) is 0 Å². The number of carboxylic acids is 1. The minimum atomic E-state index is -2.37.